The van der Waals surface area contributed by atoms with E-state index in [4.69, 9.17) is 4.42 Å². The first-order valence-electron chi connectivity index (χ1n) is 35.1. The lowest BCUT2D eigenvalue weighted by atomic mass is 9.85. The molecule has 0 aliphatic rings. The number of rotatable bonds is 5. The first kappa shape index (κ1) is 54.0. The first-order valence-corrected chi connectivity index (χ1v) is 35.1. The fraction of sp³-hybridized carbons (Fsp3) is 0.0426. The summed E-state index contributed by atoms with van der Waals surface area (Å²) in [5.41, 5.74) is 26.7. The van der Waals surface area contributed by atoms with Crippen LogP contribution in [0.15, 0.2) is 302 Å². The average Bonchev–Trinajstić information content (AvgIpc) is 1.50. The molecule has 7 nitrogen and oxygen atoms in total. The fourth-order valence-corrected chi connectivity index (χ4v) is 18.6. The maximum Gasteiger partial charge on any atom is 0.136 e. The van der Waals surface area contributed by atoms with E-state index in [1.165, 1.54) is 164 Å². The van der Waals surface area contributed by atoms with Crippen LogP contribution in [0.25, 0.3) is 219 Å². The van der Waals surface area contributed by atoms with Gasteiger partial charge in [-0.3, -0.25) is 0 Å². The van der Waals surface area contributed by atoms with E-state index in [1.807, 2.05) is 0 Å². The van der Waals surface area contributed by atoms with Gasteiger partial charge in [0.1, 0.15) is 11.2 Å². The average molecular weight is 1290 g/mol. The molecule has 0 spiro atoms. The van der Waals surface area contributed by atoms with E-state index >= 15 is 0 Å². The van der Waals surface area contributed by atoms with Crippen LogP contribution in [0.3, 0.4) is 0 Å². The summed E-state index contributed by atoms with van der Waals surface area (Å²) in [6.07, 6.45) is 0. The second-order valence-corrected chi connectivity index (χ2v) is 29.1. The van der Waals surface area contributed by atoms with Crippen molar-refractivity contribution in [3.05, 3.63) is 303 Å². The topological polar surface area (TPSA) is 41.7 Å². The van der Waals surface area contributed by atoms with Gasteiger partial charge in [0.05, 0.1) is 77.2 Å². The minimum absolute atomic E-state index is 0.0844. The molecule has 101 heavy (non-hydrogen) atoms. The van der Waals surface area contributed by atoms with Crippen molar-refractivity contribution in [1.82, 2.24) is 27.1 Å². The van der Waals surface area contributed by atoms with E-state index in [2.05, 4.69) is 345 Å². The number of benzene rings is 15. The summed E-state index contributed by atoms with van der Waals surface area (Å²) in [6.45, 7) is 7.04. The molecule has 470 valence electrons. The maximum absolute atomic E-state index is 7.04. The number of nitrogens with zero attached hydrogens (tertiary/aromatic N) is 6. The van der Waals surface area contributed by atoms with Crippen molar-refractivity contribution in [2.24, 2.45) is 0 Å². The lowest BCUT2D eigenvalue weighted by molar-refractivity contribution is 0.592. The van der Waals surface area contributed by atoms with Crippen LogP contribution in [-0.4, -0.2) is 27.1 Å². The van der Waals surface area contributed by atoms with Crippen molar-refractivity contribution >= 4 is 185 Å². The van der Waals surface area contributed by atoms with Crippen LogP contribution in [0.2, 0.25) is 0 Å². The Kier molecular flexibility index (Phi) is 10.1. The van der Waals surface area contributed by atoms with Crippen LogP contribution in [0.4, 0.5) is 0 Å². The van der Waals surface area contributed by atoms with Crippen LogP contribution < -0.4 is 0 Å². The molecule has 0 aliphatic heterocycles. The summed E-state index contributed by atoms with van der Waals surface area (Å²) >= 11 is 0. The molecule has 0 saturated carbocycles. The molecule has 24 rings (SSSR count). The molecule has 0 fully saturated rings. The molecule has 0 unspecified atom stereocenters. The van der Waals surface area contributed by atoms with Crippen molar-refractivity contribution in [2.45, 2.75) is 26.2 Å². The zero-order valence-electron chi connectivity index (χ0n) is 55.4. The van der Waals surface area contributed by atoms with Gasteiger partial charge in [-0.25, -0.2) is 0 Å². The zero-order valence-corrected chi connectivity index (χ0v) is 55.4. The molecule has 0 aliphatic carbocycles. The predicted molar refractivity (Wildman–Crippen MR) is 425 cm³/mol. The van der Waals surface area contributed by atoms with Gasteiger partial charge in [0.2, 0.25) is 0 Å². The van der Waals surface area contributed by atoms with Crippen LogP contribution in [0.1, 0.15) is 26.3 Å². The Hall–Kier alpha value is -13.1. The molecular weight excluding hydrogens is 1230 g/mol. The summed E-state index contributed by atoms with van der Waals surface area (Å²) < 4.78 is 22.2. The van der Waals surface area contributed by atoms with Crippen molar-refractivity contribution in [3.63, 3.8) is 0 Å². The van der Waals surface area contributed by atoms with E-state index < -0.39 is 0 Å². The van der Waals surface area contributed by atoms with Gasteiger partial charge in [-0.1, -0.05) is 185 Å². The third-order valence-electron chi connectivity index (χ3n) is 22.9. The number of aromatic nitrogens is 6. The van der Waals surface area contributed by atoms with Crippen molar-refractivity contribution < 1.29 is 4.42 Å². The lowest BCUT2D eigenvalue weighted by Crippen LogP contribution is -2.10. The third kappa shape index (κ3) is 6.87. The monoisotopic (exact) mass is 1290 g/mol. The Bertz CT molecular complexity index is 7750. The molecule has 0 atom stereocenters. The van der Waals surface area contributed by atoms with Crippen LogP contribution in [0, 0.1) is 0 Å². The summed E-state index contributed by atoms with van der Waals surface area (Å²) in [6, 6.07) is 111. The smallest absolute Gasteiger partial charge is 0.136 e. The van der Waals surface area contributed by atoms with Gasteiger partial charge in [0, 0.05) is 120 Å². The Morgan fingerprint density at radius 1 is 0.218 bits per heavy atom. The van der Waals surface area contributed by atoms with Gasteiger partial charge in [0.25, 0.3) is 0 Å². The van der Waals surface area contributed by atoms with E-state index in [1.54, 1.807) is 0 Å². The number of fused-ring (bicyclic) bond motifs is 30. The molecule has 0 bridgehead atoms. The zero-order chi connectivity index (χ0) is 66.0. The Labute approximate surface area is 576 Å². The number of para-hydroxylation sites is 7. The molecular formula is C94H58N6O. The van der Waals surface area contributed by atoms with Crippen LogP contribution in [0.5, 0.6) is 0 Å². The van der Waals surface area contributed by atoms with Gasteiger partial charge in [-0.2, -0.15) is 0 Å². The maximum atomic E-state index is 7.04. The van der Waals surface area contributed by atoms with E-state index in [0.29, 0.717) is 0 Å². The molecule has 0 N–H and O–H groups in total. The minimum Gasteiger partial charge on any atom is -0.456 e. The molecule has 7 heteroatoms. The predicted octanol–water partition coefficient (Wildman–Crippen LogP) is 25.2. The molecule has 9 aromatic heterocycles. The Morgan fingerprint density at radius 3 is 1.22 bits per heavy atom. The van der Waals surface area contributed by atoms with Gasteiger partial charge >= 0.3 is 0 Å². The van der Waals surface area contributed by atoms with Crippen molar-refractivity contribution in [3.8, 4) is 33.9 Å². The molecule has 0 amide bonds. The molecule has 0 saturated heterocycles. The standard InChI is InChI=1S/C94H58N6O/c1-94(2,3)55-46-71-69-50-80-67(61-28-14-17-31-74(61)95(80)56-21-7-4-8-22-56)48-82(69)100-83-49-68-62-29-15-18-32-75(62)96(81(68)51-70(83)72(47-55)90(71)100)59-38-35-53(36-39-59)54-37-40-63-65-41-43-77-86(91(65)98(79(63)45-54)58-25-11-6-12-26-58)73-52-85-87(66-30-16-20-34-84(66)101-85)89-88-78(99(77)93(73)89)44-42-64-60-27-13-19-33-76(60)97(92(64)88)57-23-9-5-10-24-57/h4-52H,1-3H3. The normalized spacial score (nSPS) is 12.9. The highest BCUT2D eigenvalue weighted by Gasteiger charge is 2.31. The number of furan rings is 1. The number of hydrogen-bond donors (Lipinski definition) is 0. The highest BCUT2D eigenvalue weighted by Crippen LogP contribution is 2.53. The fourth-order valence-electron chi connectivity index (χ4n) is 18.6. The van der Waals surface area contributed by atoms with Crippen molar-refractivity contribution in [1.29, 1.82) is 0 Å². The minimum atomic E-state index is -0.0844. The van der Waals surface area contributed by atoms with Gasteiger partial charge < -0.3 is 31.5 Å². The van der Waals surface area contributed by atoms with Crippen LogP contribution >= 0.6 is 0 Å². The molecule has 0 radical (unpaired) electrons. The lowest BCUT2D eigenvalue weighted by Gasteiger charge is -2.19. The summed E-state index contributed by atoms with van der Waals surface area (Å²) in [5.74, 6) is 0. The molecule has 15 aromatic carbocycles. The third-order valence-corrected chi connectivity index (χ3v) is 22.9. The Morgan fingerprint density at radius 2 is 0.634 bits per heavy atom. The second kappa shape index (κ2) is 19.0. The van der Waals surface area contributed by atoms with Crippen molar-refractivity contribution in [2.75, 3.05) is 0 Å². The molecule has 9 heterocycles. The highest BCUT2D eigenvalue weighted by molar-refractivity contribution is 6.41. The van der Waals surface area contributed by atoms with Gasteiger partial charge in [-0.05, 0) is 156 Å². The molecule has 24 aromatic rings. The summed E-state index contributed by atoms with van der Waals surface area (Å²) in [7, 11) is 0. The first-order chi connectivity index (χ1) is 49.8. The van der Waals surface area contributed by atoms with E-state index in [0.717, 1.165) is 61.2 Å². The second-order valence-electron chi connectivity index (χ2n) is 29.1. The van der Waals surface area contributed by atoms with Gasteiger partial charge in [0.15, 0.2) is 0 Å². The van der Waals surface area contributed by atoms with Gasteiger partial charge in [-0.15, -0.1) is 0 Å². The summed E-state index contributed by atoms with van der Waals surface area (Å²) in [5, 5.41) is 22.1. The quantitative estimate of drug-likeness (QED) is 0.169. The van der Waals surface area contributed by atoms with E-state index in [9.17, 15) is 0 Å². The van der Waals surface area contributed by atoms with E-state index in [-0.39, 0.29) is 5.41 Å². The summed E-state index contributed by atoms with van der Waals surface area (Å²) in [4.78, 5) is 0. The largest absolute Gasteiger partial charge is 0.456 e. The SMILES string of the molecule is CC(C)(C)c1cc2c3cc4c(cc3n3c5cc6c7ccccc7n(-c7ccc(-c8ccc9c%10ccc%11c(c%12cc%13oc%14ccccc%14c%13c%13c%14c%15c(ccc%14n%11c%12%13)c%11ccccc%11n%15-c%11ccccc%11)c%10n(-c%10ccccc%10)c9c8)cc7)c6cc5c(c1)c23)c1ccccc1n4-c1ccccc1. The number of hydrogen-bond acceptors (Lipinski definition) is 1. The Balaban J connectivity index is 0.710. The highest BCUT2D eigenvalue weighted by atomic mass is 16.3. The van der Waals surface area contributed by atoms with Crippen LogP contribution in [-0.2, 0) is 5.41 Å².